The molecule has 1 unspecified atom stereocenters. The van der Waals surface area contributed by atoms with Crippen LogP contribution in [-0.2, 0) is 21.4 Å². The van der Waals surface area contributed by atoms with Crippen LogP contribution in [0, 0.1) is 40.6 Å². The van der Waals surface area contributed by atoms with E-state index in [2.05, 4.69) is 16.4 Å². The van der Waals surface area contributed by atoms with Crippen molar-refractivity contribution in [2.45, 2.75) is 44.4 Å². The number of aromatic nitrogens is 3. The summed E-state index contributed by atoms with van der Waals surface area (Å²) in [6.07, 6.45) is 1.40. The second-order valence-electron chi connectivity index (χ2n) is 11.8. The monoisotopic (exact) mass is 580 g/mol. The summed E-state index contributed by atoms with van der Waals surface area (Å²) in [4.78, 5) is 27.6. The molecule has 1 aliphatic carbocycles. The Kier molecular flexibility index (Phi) is 6.40. The third kappa shape index (κ3) is 4.60. The number of amides is 2. The summed E-state index contributed by atoms with van der Waals surface area (Å²) in [5.41, 5.74) is -2.40. The van der Waals surface area contributed by atoms with E-state index in [9.17, 15) is 14.9 Å². The lowest BCUT2D eigenvalue weighted by atomic mass is 9.88. The SMILES string of the molecule is CC(C)(C)OC(=O)N1C[C@@H]2[C@H](C1)C2(C#N)c1c(F)cc(-c2ccc(N3C[C@H](Cn4ccnn4)OC3=O)cc2F)cc1F. The van der Waals surface area contributed by atoms with E-state index in [0.29, 0.717) is 0 Å². The van der Waals surface area contributed by atoms with Crippen LogP contribution in [0.1, 0.15) is 26.3 Å². The lowest BCUT2D eigenvalue weighted by Gasteiger charge is -2.27. The van der Waals surface area contributed by atoms with Crippen LogP contribution in [0.4, 0.5) is 28.4 Å². The van der Waals surface area contributed by atoms with Gasteiger partial charge in [-0.15, -0.1) is 5.10 Å². The van der Waals surface area contributed by atoms with E-state index >= 15 is 13.2 Å². The van der Waals surface area contributed by atoms with Crippen LogP contribution in [0.5, 0.6) is 0 Å². The fraction of sp³-hybridized carbons (Fsp3) is 0.414. The van der Waals surface area contributed by atoms with Gasteiger partial charge in [-0.3, -0.25) is 4.90 Å². The van der Waals surface area contributed by atoms with Crippen molar-refractivity contribution in [3.63, 3.8) is 0 Å². The summed E-state index contributed by atoms with van der Waals surface area (Å²) < 4.78 is 58.5. The molecular formula is C29H27F3N6O4. The summed E-state index contributed by atoms with van der Waals surface area (Å²) in [6, 6.07) is 8.02. The van der Waals surface area contributed by atoms with Crippen LogP contribution in [0.25, 0.3) is 11.1 Å². The molecule has 1 saturated carbocycles. The molecule has 0 bridgehead atoms. The highest BCUT2D eigenvalue weighted by molar-refractivity contribution is 5.90. The van der Waals surface area contributed by atoms with Gasteiger partial charge in [0, 0.05) is 42.2 Å². The zero-order valence-electron chi connectivity index (χ0n) is 23.1. The summed E-state index contributed by atoms with van der Waals surface area (Å²) >= 11 is 0. The summed E-state index contributed by atoms with van der Waals surface area (Å²) in [7, 11) is 0. The highest BCUT2D eigenvalue weighted by atomic mass is 19.1. The van der Waals surface area contributed by atoms with Crippen molar-refractivity contribution in [3.8, 4) is 17.2 Å². The molecule has 42 heavy (non-hydrogen) atoms. The molecule has 4 atom stereocenters. The van der Waals surface area contributed by atoms with Crippen molar-refractivity contribution in [3.05, 3.63) is 65.7 Å². The quantitative estimate of drug-likeness (QED) is 0.432. The number of carbonyl (C=O) groups excluding carboxylic acids is 2. The number of benzene rings is 2. The first kappa shape index (κ1) is 27.6. The van der Waals surface area contributed by atoms with Crippen molar-refractivity contribution in [2.75, 3.05) is 24.5 Å². The highest BCUT2D eigenvalue weighted by Gasteiger charge is 2.72. The highest BCUT2D eigenvalue weighted by Crippen LogP contribution is 2.64. The van der Waals surface area contributed by atoms with Crippen molar-refractivity contribution >= 4 is 17.9 Å². The Morgan fingerprint density at radius 2 is 1.81 bits per heavy atom. The fourth-order valence-electron chi connectivity index (χ4n) is 6.09. The molecule has 2 amide bonds. The zero-order valence-corrected chi connectivity index (χ0v) is 23.1. The maximum Gasteiger partial charge on any atom is 0.414 e. The van der Waals surface area contributed by atoms with E-state index < -0.39 is 58.6 Å². The van der Waals surface area contributed by atoms with E-state index in [0.717, 1.165) is 18.2 Å². The van der Waals surface area contributed by atoms with Crippen LogP contribution in [0.2, 0.25) is 0 Å². The minimum absolute atomic E-state index is 0.0554. The molecule has 2 aromatic carbocycles. The number of likely N-dealkylation sites (tertiary alicyclic amines) is 1. The molecule has 2 aliphatic heterocycles. The Morgan fingerprint density at radius 3 is 2.38 bits per heavy atom. The topological polar surface area (TPSA) is 114 Å². The molecule has 0 radical (unpaired) electrons. The lowest BCUT2D eigenvalue weighted by Crippen LogP contribution is -2.39. The third-order valence-electron chi connectivity index (χ3n) is 7.99. The second kappa shape index (κ2) is 9.75. The first-order chi connectivity index (χ1) is 19.9. The Labute approximate surface area is 239 Å². The number of ether oxygens (including phenoxy) is 2. The smallest absolute Gasteiger partial charge is 0.414 e. The van der Waals surface area contributed by atoms with Crippen molar-refractivity contribution in [2.24, 2.45) is 11.8 Å². The van der Waals surface area contributed by atoms with Crippen LogP contribution < -0.4 is 4.90 Å². The molecule has 3 fully saturated rings. The Bertz CT molecular complexity index is 1580. The Hall–Kier alpha value is -4.60. The number of nitrogens with zero attached hydrogens (tertiary/aromatic N) is 6. The van der Waals surface area contributed by atoms with Crippen LogP contribution in [0.15, 0.2) is 42.7 Å². The van der Waals surface area contributed by atoms with Gasteiger partial charge in [0.2, 0.25) is 0 Å². The Balaban J connectivity index is 1.20. The van der Waals surface area contributed by atoms with Gasteiger partial charge in [0.15, 0.2) is 0 Å². The van der Waals surface area contributed by atoms with Crippen LogP contribution in [-0.4, -0.2) is 63.4 Å². The van der Waals surface area contributed by atoms with Gasteiger partial charge >= 0.3 is 12.2 Å². The van der Waals surface area contributed by atoms with Gasteiger partial charge in [0.05, 0.1) is 36.5 Å². The standard InChI is InChI=1S/C29H27F3N6O4/c1-28(2,3)42-26(39)36-13-20-21(14-36)29(20,15-33)25-23(31)8-16(9-24(25)32)19-5-4-17(10-22(19)30)38-12-18(41-27(38)40)11-37-7-6-34-35-37/h4-10,18,20-21H,11-14H2,1-3H3/t18-,20-,21+,29?/m0/s1. The van der Waals surface area contributed by atoms with Gasteiger partial charge in [0.25, 0.3) is 0 Å². The van der Waals surface area contributed by atoms with E-state index in [1.54, 1.807) is 27.0 Å². The van der Waals surface area contributed by atoms with E-state index in [1.165, 1.54) is 32.8 Å². The van der Waals surface area contributed by atoms with Gasteiger partial charge in [0.1, 0.15) is 29.2 Å². The largest absolute Gasteiger partial charge is 0.444 e. The molecule has 10 nitrogen and oxygen atoms in total. The number of hydrogen-bond donors (Lipinski definition) is 0. The maximum absolute atomic E-state index is 15.5. The second-order valence-corrected chi connectivity index (χ2v) is 11.8. The van der Waals surface area contributed by atoms with Gasteiger partial charge in [-0.2, -0.15) is 5.26 Å². The van der Waals surface area contributed by atoms with E-state index in [4.69, 9.17) is 9.47 Å². The molecule has 13 heteroatoms. The number of rotatable bonds is 5. The van der Waals surface area contributed by atoms with Gasteiger partial charge in [-0.05, 0) is 56.7 Å². The van der Waals surface area contributed by atoms with Crippen LogP contribution in [0.3, 0.4) is 0 Å². The molecular weight excluding hydrogens is 553 g/mol. The third-order valence-corrected chi connectivity index (χ3v) is 7.99. The first-order valence-electron chi connectivity index (χ1n) is 13.4. The van der Waals surface area contributed by atoms with Gasteiger partial charge in [-0.25, -0.2) is 27.4 Å². The lowest BCUT2D eigenvalue weighted by molar-refractivity contribution is 0.0265. The first-order valence-corrected chi connectivity index (χ1v) is 13.4. The Morgan fingerprint density at radius 1 is 1.12 bits per heavy atom. The fourth-order valence-corrected chi connectivity index (χ4v) is 6.09. The number of piperidine rings is 1. The number of carbonyl (C=O) groups is 2. The van der Waals surface area contributed by atoms with Crippen molar-refractivity contribution in [1.29, 1.82) is 5.26 Å². The average Bonchev–Trinajstić information content (AvgIpc) is 3.42. The van der Waals surface area contributed by atoms with E-state index in [-0.39, 0.29) is 48.6 Å². The van der Waals surface area contributed by atoms with Crippen LogP contribution >= 0.6 is 0 Å². The summed E-state index contributed by atoms with van der Waals surface area (Å²) in [5.74, 6) is -3.62. The predicted octanol–water partition coefficient (Wildman–Crippen LogP) is 4.65. The normalized spacial score (nSPS) is 24.8. The van der Waals surface area contributed by atoms with E-state index in [1.807, 2.05) is 0 Å². The molecule has 6 rings (SSSR count). The molecule has 0 N–H and O–H groups in total. The summed E-state index contributed by atoms with van der Waals surface area (Å²) in [6.45, 7) is 5.93. The molecule has 3 heterocycles. The number of halogens is 3. The molecule has 3 aliphatic rings. The van der Waals surface area contributed by atoms with Gasteiger partial charge in [-0.1, -0.05) is 5.21 Å². The number of anilines is 1. The molecule has 218 valence electrons. The molecule has 3 aromatic rings. The maximum atomic E-state index is 15.5. The minimum atomic E-state index is -1.42. The molecule has 1 aromatic heterocycles. The van der Waals surface area contributed by atoms with Gasteiger partial charge < -0.3 is 14.4 Å². The van der Waals surface area contributed by atoms with Crippen molar-refractivity contribution < 1.29 is 32.2 Å². The number of nitriles is 1. The zero-order chi connectivity index (χ0) is 30.0. The summed E-state index contributed by atoms with van der Waals surface area (Å²) in [5, 5.41) is 17.6. The van der Waals surface area contributed by atoms with Crippen molar-refractivity contribution in [1.82, 2.24) is 19.9 Å². The predicted molar refractivity (Wildman–Crippen MR) is 141 cm³/mol. The molecule has 0 spiro atoms. The minimum Gasteiger partial charge on any atom is -0.444 e. The number of fused-ring (bicyclic) bond motifs is 1. The number of cyclic esters (lactones) is 1. The number of hydrogen-bond acceptors (Lipinski definition) is 7. The average molecular weight is 581 g/mol. The molecule has 2 saturated heterocycles.